The first-order valence-corrected chi connectivity index (χ1v) is 4.70. The zero-order valence-electron chi connectivity index (χ0n) is 7.19. The first-order valence-electron chi connectivity index (χ1n) is 4.70. The summed E-state index contributed by atoms with van der Waals surface area (Å²) >= 11 is 0. The van der Waals surface area contributed by atoms with Crippen molar-refractivity contribution in [3.63, 3.8) is 0 Å². The van der Waals surface area contributed by atoms with E-state index < -0.39 is 0 Å². The van der Waals surface area contributed by atoms with Crippen molar-refractivity contribution in [3.8, 4) is 0 Å². The van der Waals surface area contributed by atoms with Crippen LogP contribution >= 0.6 is 0 Å². The minimum atomic E-state index is 0.860. The normalized spacial score (nSPS) is 53.4. The molecule has 0 aromatic carbocycles. The Bertz CT molecular complexity index is 125. The van der Waals surface area contributed by atoms with Crippen LogP contribution in [0.2, 0.25) is 0 Å². The van der Waals surface area contributed by atoms with Crippen LogP contribution in [0.15, 0.2) is 0 Å². The van der Waals surface area contributed by atoms with E-state index in [1.807, 2.05) is 0 Å². The fourth-order valence-electron chi connectivity index (χ4n) is 3.29. The Labute approximate surface area is 64.0 Å². The molecule has 58 valence electrons. The topological polar surface area (TPSA) is 0 Å². The summed E-state index contributed by atoms with van der Waals surface area (Å²) in [6, 6.07) is 0. The smallest absolute Gasteiger partial charge is 0.0290 e. The molecular weight excluding hydrogens is 120 g/mol. The van der Waals surface area contributed by atoms with Crippen LogP contribution in [0.3, 0.4) is 0 Å². The van der Waals surface area contributed by atoms with Gasteiger partial charge >= 0.3 is 0 Å². The molecule has 0 amide bonds. The second-order valence-electron chi connectivity index (χ2n) is 4.86. The lowest BCUT2D eigenvalue weighted by Gasteiger charge is -2.44. The summed E-state index contributed by atoms with van der Waals surface area (Å²) in [6.45, 7) is 4.81. The van der Waals surface area contributed by atoms with Crippen molar-refractivity contribution in [1.82, 2.24) is 0 Å². The molecule has 0 aromatic rings. The molecule has 0 N–H and O–H groups in total. The quantitative estimate of drug-likeness (QED) is 0.482. The average molecular weight is 138 g/mol. The molecule has 2 aliphatic rings. The maximum absolute atomic E-state index is 2.41. The first-order chi connectivity index (χ1) is 4.70. The van der Waals surface area contributed by atoms with Gasteiger partial charge in [0.1, 0.15) is 0 Å². The third-order valence-electron chi connectivity index (χ3n) is 3.51. The van der Waals surface area contributed by atoms with Gasteiger partial charge in [-0.05, 0) is 42.9 Å². The van der Waals surface area contributed by atoms with Crippen LogP contribution in [0.5, 0.6) is 0 Å². The number of hydrogen-bond donors (Lipinski definition) is 0. The SMILES string of the molecule is CC1CCC2(C1)CC(C)C2. The van der Waals surface area contributed by atoms with Gasteiger partial charge in [-0.25, -0.2) is 0 Å². The van der Waals surface area contributed by atoms with E-state index in [1.165, 1.54) is 25.7 Å². The van der Waals surface area contributed by atoms with Crippen molar-refractivity contribution in [3.05, 3.63) is 0 Å². The lowest BCUT2D eigenvalue weighted by Crippen LogP contribution is -2.33. The molecule has 1 unspecified atom stereocenters. The molecule has 1 atom stereocenters. The molecule has 10 heavy (non-hydrogen) atoms. The molecule has 2 aliphatic carbocycles. The molecule has 2 rings (SSSR count). The Morgan fingerprint density at radius 1 is 1.00 bits per heavy atom. The molecule has 2 fully saturated rings. The van der Waals surface area contributed by atoms with Gasteiger partial charge in [-0.1, -0.05) is 20.3 Å². The minimum Gasteiger partial charge on any atom is -0.0625 e. The van der Waals surface area contributed by atoms with Crippen LogP contribution in [-0.2, 0) is 0 Å². The molecule has 0 aliphatic heterocycles. The highest BCUT2D eigenvalue weighted by atomic mass is 14.5. The van der Waals surface area contributed by atoms with E-state index in [1.54, 1.807) is 6.42 Å². The van der Waals surface area contributed by atoms with Crippen LogP contribution in [0.25, 0.3) is 0 Å². The highest BCUT2D eigenvalue weighted by molar-refractivity contribution is 4.96. The van der Waals surface area contributed by atoms with Gasteiger partial charge in [0.25, 0.3) is 0 Å². The van der Waals surface area contributed by atoms with Gasteiger partial charge in [0, 0.05) is 0 Å². The molecule has 0 bridgehead atoms. The van der Waals surface area contributed by atoms with Crippen molar-refractivity contribution >= 4 is 0 Å². The van der Waals surface area contributed by atoms with Crippen LogP contribution in [0, 0.1) is 17.3 Å². The first kappa shape index (κ1) is 6.69. The molecule has 0 saturated heterocycles. The lowest BCUT2D eigenvalue weighted by atomic mass is 9.61. The maximum Gasteiger partial charge on any atom is -0.0290 e. The van der Waals surface area contributed by atoms with E-state index in [0.717, 1.165) is 17.3 Å². The minimum absolute atomic E-state index is 0.860. The standard InChI is InChI=1S/C10H18/c1-8-3-4-10(5-8)6-9(2)7-10/h8-9H,3-7H2,1-2H3. The molecule has 2 saturated carbocycles. The summed E-state index contributed by atoms with van der Waals surface area (Å²) in [4.78, 5) is 0. The van der Waals surface area contributed by atoms with Crippen molar-refractivity contribution in [1.29, 1.82) is 0 Å². The zero-order chi connectivity index (χ0) is 7.19. The molecule has 0 aromatic heterocycles. The molecule has 0 heterocycles. The summed E-state index contributed by atoms with van der Waals surface area (Å²) < 4.78 is 0. The second kappa shape index (κ2) is 1.99. The fraction of sp³-hybridized carbons (Fsp3) is 1.00. The van der Waals surface area contributed by atoms with E-state index >= 15 is 0 Å². The van der Waals surface area contributed by atoms with Crippen LogP contribution in [0.1, 0.15) is 46.0 Å². The summed E-state index contributed by atoms with van der Waals surface area (Å²) in [6.07, 6.45) is 7.66. The molecule has 0 radical (unpaired) electrons. The molecule has 1 spiro atoms. The zero-order valence-corrected chi connectivity index (χ0v) is 7.19. The average Bonchev–Trinajstić information content (AvgIpc) is 2.10. The Hall–Kier alpha value is 0. The van der Waals surface area contributed by atoms with Gasteiger partial charge in [-0.3, -0.25) is 0 Å². The van der Waals surface area contributed by atoms with Gasteiger partial charge in [0.2, 0.25) is 0 Å². The van der Waals surface area contributed by atoms with Crippen molar-refractivity contribution in [2.45, 2.75) is 46.0 Å². The summed E-state index contributed by atoms with van der Waals surface area (Å²) in [5.41, 5.74) is 0.860. The predicted octanol–water partition coefficient (Wildman–Crippen LogP) is 3.22. The van der Waals surface area contributed by atoms with Crippen molar-refractivity contribution in [2.24, 2.45) is 17.3 Å². The van der Waals surface area contributed by atoms with E-state index in [4.69, 9.17) is 0 Å². The Balaban J connectivity index is 1.95. The largest absolute Gasteiger partial charge is 0.0625 e. The van der Waals surface area contributed by atoms with Crippen LogP contribution < -0.4 is 0 Å². The second-order valence-corrected chi connectivity index (χ2v) is 4.86. The summed E-state index contributed by atoms with van der Waals surface area (Å²) in [7, 11) is 0. The maximum atomic E-state index is 2.41. The summed E-state index contributed by atoms with van der Waals surface area (Å²) in [5.74, 6) is 2.08. The van der Waals surface area contributed by atoms with Crippen LogP contribution in [-0.4, -0.2) is 0 Å². The van der Waals surface area contributed by atoms with E-state index in [0.29, 0.717) is 0 Å². The van der Waals surface area contributed by atoms with E-state index in [-0.39, 0.29) is 0 Å². The monoisotopic (exact) mass is 138 g/mol. The van der Waals surface area contributed by atoms with Gasteiger partial charge in [0.15, 0.2) is 0 Å². The van der Waals surface area contributed by atoms with Crippen molar-refractivity contribution in [2.75, 3.05) is 0 Å². The van der Waals surface area contributed by atoms with Gasteiger partial charge in [-0.2, -0.15) is 0 Å². The summed E-state index contributed by atoms with van der Waals surface area (Å²) in [5, 5.41) is 0. The van der Waals surface area contributed by atoms with Crippen LogP contribution in [0.4, 0.5) is 0 Å². The third-order valence-corrected chi connectivity index (χ3v) is 3.51. The Kier molecular flexibility index (Phi) is 1.33. The predicted molar refractivity (Wildman–Crippen MR) is 43.8 cm³/mol. The van der Waals surface area contributed by atoms with E-state index in [2.05, 4.69) is 13.8 Å². The highest BCUT2D eigenvalue weighted by Gasteiger charge is 2.45. The van der Waals surface area contributed by atoms with E-state index in [9.17, 15) is 0 Å². The Morgan fingerprint density at radius 2 is 1.60 bits per heavy atom. The van der Waals surface area contributed by atoms with Gasteiger partial charge < -0.3 is 0 Å². The molecule has 0 heteroatoms. The lowest BCUT2D eigenvalue weighted by molar-refractivity contribution is 0.0703. The molecule has 0 nitrogen and oxygen atoms in total. The number of rotatable bonds is 0. The van der Waals surface area contributed by atoms with Gasteiger partial charge in [-0.15, -0.1) is 0 Å². The fourth-order valence-corrected chi connectivity index (χ4v) is 3.29. The highest BCUT2D eigenvalue weighted by Crippen LogP contribution is 2.57. The molecular formula is C10H18. The van der Waals surface area contributed by atoms with Gasteiger partial charge in [0.05, 0.1) is 0 Å². The number of hydrogen-bond acceptors (Lipinski definition) is 0. The Morgan fingerprint density at radius 3 is 2.00 bits per heavy atom. The van der Waals surface area contributed by atoms with Crippen molar-refractivity contribution < 1.29 is 0 Å². The third kappa shape index (κ3) is 0.889.